The van der Waals surface area contributed by atoms with Crippen molar-refractivity contribution in [3.05, 3.63) is 41.3 Å². The zero-order valence-electron chi connectivity index (χ0n) is 11.0. The number of hydrogen-bond donors (Lipinski definition) is 0. The fraction of sp³-hybridized carbons (Fsp3) is 0.333. The molecule has 0 N–H and O–H groups in total. The van der Waals surface area contributed by atoms with Crippen LogP contribution < -0.4 is 0 Å². The van der Waals surface area contributed by atoms with E-state index in [4.69, 9.17) is 4.18 Å². The molecule has 2 aromatic rings. The third kappa shape index (κ3) is 3.62. The Labute approximate surface area is 112 Å². The van der Waals surface area contributed by atoms with Gasteiger partial charge >= 0.3 is 0 Å². The van der Waals surface area contributed by atoms with Gasteiger partial charge in [-0.1, -0.05) is 6.07 Å². The largest absolute Gasteiger partial charge is 0.265 e. The van der Waals surface area contributed by atoms with E-state index in [0.29, 0.717) is 17.1 Å². The van der Waals surface area contributed by atoms with Crippen LogP contribution in [0.1, 0.15) is 17.0 Å². The fourth-order valence-electron chi connectivity index (χ4n) is 1.58. The first-order valence-corrected chi connectivity index (χ1v) is 7.50. The Morgan fingerprint density at radius 2 is 2.05 bits per heavy atom. The Bertz CT molecular complexity index is 692. The molecule has 0 radical (unpaired) electrons. The summed E-state index contributed by atoms with van der Waals surface area (Å²) in [4.78, 5) is 4.35. The van der Waals surface area contributed by atoms with E-state index in [1.54, 1.807) is 17.8 Å². The average molecular weight is 281 g/mol. The van der Waals surface area contributed by atoms with Crippen LogP contribution in [-0.2, 0) is 20.9 Å². The van der Waals surface area contributed by atoms with Crippen LogP contribution >= 0.6 is 0 Å². The molecule has 0 saturated heterocycles. The zero-order chi connectivity index (χ0) is 14.0. The van der Waals surface area contributed by atoms with E-state index >= 15 is 0 Å². The molecule has 2 rings (SSSR count). The highest BCUT2D eigenvalue weighted by Crippen LogP contribution is 2.12. The minimum Gasteiger partial charge on any atom is -0.265 e. The summed E-state index contributed by atoms with van der Waals surface area (Å²) in [5.74, 6) is 0.689. The van der Waals surface area contributed by atoms with Crippen LogP contribution in [0.15, 0.2) is 24.4 Å². The molecular formula is C12H15N3O3S. The van der Waals surface area contributed by atoms with Crippen molar-refractivity contribution in [3.8, 4) is 5.82 Å². The summed E-state index contributed by atoms with van der Waals surface area (Å²) < 4.78 is 28.3. The topological polar surface area (TPSA) is 74.1 Å². The standard InChI is InChI=1S/C12H15N3O3S/c1-9-5-4-6-12(13-9)15-7-11(10(2)14-15)8-18-19(3,16)17/h4-7H,8H2,1-3H3. The number of rotatable bonds is 4. The summed E-state index contributed by atoms with van der Waals surface area (Å²) in [6, 6.07) is 5.62. The van der Waals surface area contributed by atoms with E-state index in [1.807, 2.05) is 25.1 Å². The van der Waals surface area contributed by atoms with Crippen molar-refractivity contribution in [1.82, 2.24) is 14.8 Å². The molecule has 0 spiro atoms. The molecule has 0 aliphatic heterocycles. The van der Waals surface area contributed by atoms with E-state index in [9.17, 15) is 8.42 Å². The molecule has 2 heterocycles. The molecule has 0 fully saturated rings. The number of pyridine rings is 1. The minimum absolute atomic E-state index is 0.0174. The highest BCUT2D eigenvalue weighted by molar-refractivity contribution is 7.85. The fourth-order valence-corrected chi connectivity index (χ4v) is 1.92. The Morgan fingerprint density at radius 1 is 1.32 bits per heavy atom. The molecular weight excluding hydrogens is 266 g/mol. The Kier molecular flexibility index (Phi) is 3.68. The molecule has 0 bridgehead atoms. The van der Waals surface area contributed by atoms with E-state index in [1.165, 1.54) is 0 Å². The van der Waals surface area contributed by atoms with E-state index in [0.717, 1.165) is 11.9 Å². The molecule has 0 atom stereocenters. The molecule has 7 heteroatoms. The second-order valence-corrected chi connectivity index (χ2v) is 5.93. The summed E-state index contributed by atoms with van der Waals surface area (Å²) >= 11 is 0. The van der Waals surface area contributed by atoms with Crippen molar-refractivity contribution in [3.63, 3.8) is 0 Å². The summed E-state index contributed by atoms with van der Waals surface area (Å²) in [6.45, 7) is 3.68. The van der Waals surface area contributed by atoms with E-state index in [-0.39, 0.29) is 6.61 Å². The summed E-state index contributed by atoms with van der Waals surface area (Å²) in [5.41, 5.74) is 2.32. The molecule has 0 unspecified atom stereocenters. The van der Waals surface area contributed by atoms with Gasteiger partial charge in [-0.05, 0) is 26.0 Å². The Morgan fingerprint density at radius 3 is 2.68 bits per heavy atom. The molecule has 0 aliphatic carbocycles. The Balaban J connectivity index is 2.26. The van der Waals surface area contributed by atoms with Crippen LogP contribution in [0.2, 0.25) is 0 Å². The lowest BCUT2D eigenvalue weighted by Gasteiger charge is -2.00. The van der Waals surface area contributed by atoms with Crippen molar-refractivity contribution in [2.75, 3.05) is 6.26 Å². The van der Waals surface area contributed by atoms with Crippen LogP contribution in [0.25, 0.3) is 5.82 Å². The Hall–Kier alpha value is -1.73. The van der Waals surface area contributed by atoms with Gasteiger partial charge in [0.1, 0.15) is 0 Å². The molecule has 0 aliphatic rings. The monoisotopic (exact) mass is 281 g/mol. The molecule has 0 aromatic carbocycles. The van der Waals surface area contributed by atoms with Gasteiger partial charge in [-0.25, -0.2) is 9.67 Å². The average Bonchev–Trinajstić information content (AvgIpc) is 2.67. The quantitative estimate of drug-likeness (QED) is 0.791. The lowest BCUT2D eigenvalue weighted by atomic mass is 10.3. The van der Waals surface area contributed by atoms with Crippen LogP contribution in [0, 0.1) is 13.8 Å². The smallest absolute Gasteiger partial charge is 0.264 e. The summed E-state index contributed by atoms with van der Waals surface area (Å²) in [7, 11) is -3.45. The lowest BCUT2D eigenvalue weighted by molar-refractivity contribution is 0.311. The van der Waals surface area contributed by atoms with Crippen molar-refractivity contribution in [2.45, 2.75) is 20.5 Å². The van der Waals surface area contributed by atoms with Crippen molar-refractivity contribution in [1.29, 1.82) is 0 Å². The van der Waals surface area contributed by atoms with Gasteiger partial charge in [0.15, 0.2) is 5.82 Å². The van der Waals surface area contributed by atoms with Crippen molar-refractivity contribution < 1.29 is 12.6 Å². The van der Waals surface area contributed by atoms with E-state index in [2.05, 4.69) is 10.1 Å². The minimum atomic E-state index is -3.45. The van der Waals surface area contributed by atoms with Crippen molar-refractivity contribution >= 4 is 10.1 Å². The van der Waals surface area contributed by atoms with Gasteiger partial charge in [0, 0.05) is 17.5 Å². The molecule has 2 aromatic heterocycles. The van der Waals surface area contributed by atoms with Crippen molar-refractivity contribution in [2.24, 2.45) is 0 Å². The van der Waals surface area contributed by atoms with Crippen LogP contribution in [0.4, 0.5) is 0 Å². The molecule has 6 nitrogen and oxygen atoms in total. The number of aromatic nitrogens is 3. The molecule has 19 heavy (non-hydrogen) atoms. The normalized spacial score (nSPS) is 11.7. The molecule has 0 amide bonds. The predicted octanol–water partition coefficient (Wildman–Crippen LogP) is 1.36. The third-order valence-corrected chi connectivity index (χ3v) is 3.08. The van der Waals surface area contributed by atoms with Gasteiger partial charge in [0.2, 0.25) is 0 Å². The van der Waals surface area contributed by atoms with Gasteiger partial charge in [0.05, 0.1) is 18.6 Å². The van der Waals surface area contributed by atoms with Crippen LogP contribution in [0.5, 0.6) is 0 Å². The van der Waals surface area contributed by atoms with Gasteiger partial charge in [-0.2, -0.15) is 13.5 Å². The van der Waals surface area contributed by atoms with E-state index < -0.39 is 10.1 Å². The molecule has 102 valence electrons. The zero-order valence-corrected chi connectivity index (χ0v) is 11.8. The number of nitrogens with zero attached hydrogens (tertiary/aromatic N) is 3. The van der Waals surface area contributed by atoms with Gasteiger partial charge in [-0.3, -0.25) is 4.18 Å². The summed E-state index contributed by atoms with van der Waals surface area (Å²) in [6.07, 6.45) is 2.75. The van der Waals surface area contributed by atoms with Gasteiger partial charge < -0.3 is 0 Å². The first-order valence-electron chi connectivity index (χ1n) is 5.69. The predicted molar refractivity (Wildman–Crippen MR) is 70.5 cm³/mol. The highest BCUT2D eigenvalue weighted by Gasteiger charge is 2.10. The van der Waals surface area contributed by atoms with Gasteiger partial charge in [-0.15, -0.1) is 0 Å². The van der Waals surface area contributed by atoms with Gasteiger partial charge in [0.25, 0.3) is 10.1 Å². The number of hydrogen-bond acceptors (Lipinski definition) is 5. The lowest BCUT2D eigenvalue weighted by Crippen LogP contribution is -2.02. The van der Waals surface area contributed by atoms with Crippen LogP contribution in [-0.4, -0.2) is 29.4 Å². The second kappa shape index (κ2) is 5.10. The highest BCUT2D eigenvalue weighted by atomic mass is 32.2. The maximum Gasteiger partial charge on any atom is 0.264 e. The maximum absolute atomic E-state index is 11.0. The first-order chi connectivity index (χ1) is 8.85. The SMILES string of the molecule is Cc1cccc(-n2cc(COS(C)(=O)=O)c(C)n2)n1. The first kappa shape index (κ1) is 13.7. The summed E-state index contributed by atoms with van der Waals surface area (Å²) in [5, 5.41) is 4.30. The van der Waals surface area contributed by atoms with Crippen LogP contribution in [0.3, 0.4) is 0 Å². The third-order valence-electron chi connectivity index (χ3n) is 2.54. The maximum atomic E-state index is 11.0. The number of aryl methyl sites for hydroxylation is 2. The second-order valence-electron chi connectivity index (χ2n) is 4.29. The molecule has 0 saturated carbocycles.